The third kappa shape index (κ3) is 4.33. The molecule has 34 heavy (non-hydrogen) atoms. The quantitative estimate of drug-likeness (QED) is 0.455. The van der Waals surface area contributed by atoms with E-state index < -0.39 is 0 Å². The standard InChI is InChI=1S/C25H29N7OS/c1-24(2)10-16(11-25(3,4)31-24)32(5)20-9-8-19(29-30-20)18-7-6-17(22-21(18)28-14-34-22)15-12-26-23(33)27-13-15/h6-9,12-14,16,31H,10-11H2,1-5H3,(H,26,27,33). The van der Waals surface area contributed by atoms with Crippen LogP contribution in [0.3, 0.4) is 0 Å². The fourth-order valence-electron chi connectivity index (χ4n) is 5.26. The zero-order valence-electron chi connectivity index (χ0n) is 20.1. The molecule has 0 bridgehead atoms. The van der Waals surface area contributed by atoms with Gasteiger partial charge in [-0.2, -0.15) is 0 Å². The van der Waals surface area contributed by atoms with Crippen LogP contribution in [0.2, 0.25) is 0 Å². The molecule has 0 atom stereocenters. The van der Waals surface area contributed by atoms with Crippen LogP contribution in [0.4, 0.5) is 5.82 Å². The molecule has 1 aliphatic heterocycles. The van der Waals surface area contributed by atoms with Gasteiger partial charge in [-0.05, 0) is 58.7 Å². The topological polar surface area (TPSA) is 99.7 Å². The molecule has 1 fully saturated rings. The van der Waals surface area contributed by atoms with E-state index in [2.05, 4.69) is 70.1 Å². The minimum Gasteiger partial charge on any atom is -0.355 e. The van der Waals surface area contributed by atoms with E-state index in [1.165, 1.54) is 0 Å². The molecule has 0 aliphatic carbocycles. The Kier molecular flexibility index (Phi) is 5.49. The molecule has 0 saturated carbocycles. The summed E-state index contributed by atoms with van der Waals surface area (Å²) in [6, 6.07) is 8.47. The fourth-order valence-corrected chi connectivity index (χ4v) is 6.11. The van der Waals surface area contributed by atoms with Gasteiger partial charge in [-0.25, -0.2) is 14.8 Å². The monoisotopic (exact) mass is 475 g/mol. The Labute approximate surface area is 202 Å². The van der Waals surface area contributed by atoms with Crippen LogP contribution in [0, 0.1) is 0 Å². The van der Waals surface area contributed by atoms with Crippen LogP contribution in [0.25, 0.3) is 32.6 Å². The summed E-state index contributed by atoms with van der Waals surface area (Å²) >= 11 is 1.55. The number of H-pyrrole nitrogens is 1. The first-order chi connectivity index (χ1) is 16.1. The van der Waals surface area contributed by atoms with Gasteiger partial charge in [0.05, 0.1) is 21.4 Å². The first kappa shape index (κ1) is 22.6. The van der Waals surface area contributed by atoms with Gasteiger partial charge in [0, 0.05) is 53.3 Å². The molecule has 8 nitrogen and oxygen atoms in total. The van der Waals surface area contributed by atoms with Gasteiger partial charge in [0.15, 0.2) is 5.82 Å². The smallest absolute Gasteiger partial charge is 0.344 e. The van der Waals surface area contributed by atoms with Crippen LogP contribution in [0.5, 0.6) is 0 Å². The maximum atomic E-state index is 11.3. The van der Waals surface area contributed by atoms with Crippen LogP contribution in [0.15, 0.2) is 47.0 Å². The number of thiazole rings is 1. The van der Waals surface area contributed by atoms with Crippen molar-refractivity contribution in [3.05, 3.63) is 52.7 Å². The number of benzene rings is 1. The van der Waals surface area contributed by atoms with Crippen molar-refractivity contribution < 1.29 is 0 Å². The van der Waals surface area contributed by atoms with Crippen molar-refractivity contribution in [1.82, 2.24) is 30.5 Å². The van der Waals surface area contributed by atoms with E-state index in [1.807, 2.05) is 29.8 Å². The molecule has 0 unspecified atom stereocenters. The van der Waals surface area contributed by atoms with E-state index in [9.17, 15) is 4.79 Å². The Morgan fingerprint density at radius 1 is 1.00 bits per heavy atom. The molecule has 176 valence electrons. The first-order valence-corrected chi connectivity index (χ1v) is 12.3. The van der Waals surface area contributed by atoms with E-state index in [0.29, 0.717) is 6.04 Å². The van der Waals surface area contributed by atoms with Gasteiger partial charge in [0.25, 0.3) is 0 Å². The third-order valence-corrected chi connectivity index (χ3v) is 7.33. The highest BCUT2D eigenvalue weighted by molar-refractivity contribution is 7.17. The molecule has 3 aromatic heterocycles. The number of hydrogen-bond donors (Lipinski definition) is 2. The van der Waals surface area contributed by atoms with Crippen molar-refractivity contribution in [1.29, 1.82) is 0 Å². The third-order valence-electron chi connectivity index (χ3n) is 6.47. The van der Waals surface area contributed by atoms with Crippen LogP contribution in [-0.4, -0.2) is 49.3 Å². The summed E-state index contributed by atoms with van der Waals surface area (Å²) in [5.41, 5.74) is 5.99. The summed E-state index contributed by atoms with van der Waals surface area (Å²) in [7, 11) is 2.11. The Hall–Kier alpha value is -3.17. The number of fused-ring (bicyclic) bond motifs is 1. The molecule has 2 N–H and O–H groups in total. The highest BCUT2D eigenvalue weighted by atomic mass is 32.1. The number of nitrogens with one attached hydrogen (secondary N) is 2. The predicted molar refractivity (Wildman–Crippen MR) is 137 cm³/mol. The van der Waals surface area contributed by atoms with Crippen molar-refractivity contribution in [2.45, 2.75) is 57.7 Å². The van der Waals surface area contributed by atoms with Crippen LogP contribution in [0.1, 0.15) is 40.5 Å². The van der Waals surface area contributed by atoms with Crippen LogP contribution < -0.4 is 15.9 Å². The Bertz CT molecular complexity index is 1350. The molecule has 5 rings (SSSR count). The second-order valence-electron chi connectivity index (χ2n) is 10.3. The molecule has 9 heteroatoms. The van der Waals surface area contributed by atoms with Crippen molar-refractivity contribution >= 4 is 27.4 Å². The molecular weight excluding hydrogens is 446 g/mol. The Morgan fingerprint density at radius 2 is 1.74 bits per heavy atom. The normalized spacial score (nSPS) is 17.7. The lowest BCUT2D eigenvalue weighted by molar-refractivity contribution is 0.160. The number of hydrogen-bond acceptors (Lipinski definition) is 8. The largest absolute Gasteiger partial charge is 0.355 e. The maximum absolute atomic E-state index is 11.3. The molecular formula is C25H29N7OS. The average molecular weight is 476 g/mol. The molecule has 0 amide bonds. The number of piperidine rings is 1. The van der Waals surface area contributed by atoms with Crippen molar-refractivity contribution in [2.75, 3.05) is 11.9 Å². The van der Waals surface area contributed by atoms with Crippen molar-refractivity contribution in [2.24, 2.45) is 0 Å². The summed E-state index contributed by atoms with van der Waals surface area (Å²) < 4.78 is 1.02. The van der Waals surface area contributed by atoms with Gasteiger partial charge in [-0.3, -0.25) is 0 Å². The number of nitrogens with zero attached hydrogens (tertiary/aromatic N) is 5. The number of aromatic amines is 1. The lowest BCUT2D eigenvalue weighted by atomic mass is 9.79. The zero-order valence-corrected chi connectivity index (χ0v) is 20.9. The van der Waals surface area contributed by atoms with Gasteiger partial charge >= 0.3 is 5.69 Å². The zero-order chi connectivity index (χ0) is 24.1. The van der Waals surface area contributed by atoms with Gasteiger partial charge in [0.1, 0.15) is 0 Å². The summed E-state index contributed by atoms with van der Waals surface area (Å²) in [5, 5.41) is 12.9. The van der Waals surface area contributed by atoms with Crippen molar-refractivity contribution in [3.8, 4) is 22.4 Å². The average Bonchev–Trinajstić information content (AvgIpc) is 3.27. The van der Waals surface area contributed by atoms with E-state index in [-0.39, 0.29) is 16.8 Å². The summed E-state index contributed by atoms with van der Waals surface area (Å²) in [4.78, 5) is 24.7. The second-order valence-corrected chi connectivity index (χ2v) is 11.2. The van der Waals surface area contributed by atoms with E-state index in [0.717, 1.165) is 51.3 Å². The van der Waals surface area contributed by atoms with Crippen molar-refractivity contribution in [3.63, 3.8) is 0 Å². The van der Waals surface area contributed by atoms with Crippen LogP contribution >= 0.6 is 11.3 Å². The van der Waals surface area contributed by atoms with Gasteiger partial charge in [-0.1, -0.05) is 6.07 Å². The Morgan fingerprint density at radius 3 is 2.38 bits per heavy atom. The summed E-state index contributed by atoms with van der Waals surface area (Å²) in [5.74, 6) is 0.868. The fraction of sp³-hybridized carbons (Fsp3) is 0.400. The lowest BCUT2D eigenvalue weighted by Crippen LogP contribution is -2.62. The predicted octanol–water partition coefficient (Wildman–Crippen LogP) is 4.25. The number of aromatic nitrogens is 5. The molecule has 1 aliphatic rings. The number of anilines is 1. The SMILES string of the molecule is CN(c1ccc(-c2ccc(-c3cnc(=O)[nH]c3)c3scnc23)nn1)C1CC(C)(C)NC(C)(C)C1. The second kappa shape index (κ2) is 8.25. The maximum Gasteiger partial charge on any atom is 0.344 e. The van der Waals surface area contributed by atoms with Gasteiger partial charge < -0.3 is 15.2 Å². The minimum atomic E-state index is -0.363. The highest BCUT2D eigenvalue weighted by Crippen LogP contribution is 2.37. The van der Waals surface area contributed by atoms with Gasteiger partial charge in [-0.15, -0.1) is 21.5 Å². The minimum absolute atomic E-state index is 0.0628. The van der Waals surface area contributed by atoms with Gasteiger partial charge in [0.2, 0.25) is 0 Å². The summed E-state index contributed by atoms with van der Waals surface area (Å²) in [6.45, 7) is 9.04. The molecule has 4 heterocycles. The molecule has 0 spiro atoms. The molecule has 4 aromatic rings. The van der Waals surface area contributed by atoms with E-state index in [4.69, 9.17) is 0 Å². The molecule has 1 saturated heterocycles. The van der Waals surface area contributed by atoms with E-state index >= 15 is 0 Å². The molecule has 0 radical (unpaired) electrons. The first-order valence-electron chi connectivity index (χ1n) is 11.4. The number of rotatable bonds is 4. The summed E-state index contributed by atoms with van der Waals surface area (Å²) in [6.07, 6.45) is 5.34. The Balaban J connectivity index is 1.44. The lowest BCUT2D eigenvalue weighted by Gasteiger charge is -2.49. The van der Waals surface area contributed by atoms with E-state index in [1.54, 1.807) is 23.7 Å². The molecule has 1 aromatic carbocycles. The highest BCUT2D eigenvalue weighted by Gasteiger charge is 2.39. The van der Waals surface area contributed by atoms with Crippen LogP contribution in [-0.2, 0) is 0 Å².